The lowest BCUT2D eigenvalue weighted by Gasteiger charge is -2.18. The lowest BCUT2D eigenvalue weighted by molar-refractivity contribution is -0.127. The van der Waals surface area contributed by atoms with E-state index in [-0.39, 0.29) is 35.5 Å². The van der Waals surface area contributed by atoms with Gasteiger partial charge in [-0.1, -0.05) is 129 Å². The summed E-state index contributed by atoms with van der Waals surface area (Å²) in [5, 5.41) is 20.7. The van der Waals surface area contributed by atoms with Gasteiger partial charge in [0.15, 0.2) is 0 Å². The van der Waals surface area contributed by atoms with Crippen LogP contribution in [0.25, 0.3) is 0 Å². The summed E-state index contributed by atoms with van der Waals surface area (Å²) in [5.74, 6) is -3.02. The smallest absolute Gasteiger partial charge is 0.273 e. The number of amides is 4. The molecule has 0 aliphatic rings. The van der Waals surface area contributed by atoms with Crippen molar-refractivity contribution in [2.75, 3.05) is 0 Å². The second-order valence-corrected chi connectivity index (χ2v) is 14.1. The van der Waals surface area contributed by atoms with Crippen molar-refractivity contribution < 1.29 is 29.4 Å². The van der Waals surface area contributed by atoms with E-state index in [9.17, 15) is 29.4 Å². The molecule has 0 aromatic heterocycles. The Labute approximate surface area is 312 Å². The molecule has 0 radical (unpaired) electrons. The Hall–Kier alpha value is -4.08. The predicted octanol–water partition coefficient (Wildman–Crippen LogP) is 8.88. The molecule has 1 atom stereocenters. The van der Waals surface area contributed by atoms with Crippen LogP contribution in [-0.2, 0) is 22.4 Å². The van der Waals surface area contributed by atoms with Gasteiger partial charge in [0.05, 0.1) is 11.1 Å². The number of hydrogen-bond donors (Lipinski definition) is 6. The first-order valence-electron chi connectivity index (χ1n) is 20.0. The molecule has 0 bridgehead atoms. The standard InChI is InChI=1S/C42H66N4O6/c1-4-7-10-13-16-18-21-32-24-27-37(47)35(30-32)41(51)45-43-39(49)29-26-34(23-20-15-12-9-6-3)40(50)44-46-42(52)36-31-33(25-28-38(36)48)22-19-17-14-11-8-5-2/h24-25,27-28,30-31,34,47-48H,4-23,26,29H2,1-3H3,(H,43,49)(H,44,50)(H,45,51)(H,46,52). The molecule has 2 aromatic carbocycles. The minimum atomic E-state index is -0.622. The minimum absolute atomic E-state index is 0.0351. The molecule has 0 heterocycles. The SMILES string of the molecule is CCCCCCCCc1ccc(O)c(C(=O)NNC(=O)CCC(CCCCCCC)C(=O)NNC(=O)c2cc(CCCCCCCC)ccc2O)c1. The molecule has 0 fully saturated rings. The molecule has 4 amide bonds. The summed E-state index contributed by atoms with van der Waals surface area (Å²) >= 11 is 0. The summed E-state index contributed by atoms with van der Waals surface area (Å²) in [7, 11) is 0. The lowest BCUT2D eigenvalue weighted by atomic mass is 9.95. The van der Waals surface area contributed by atoms with Crippen LogP contribution in [0, 0.1) is 5.92 Å². The molecular formula is C42H66N4O6. The van der Waals surface area contributed by atoms with Crippen molar-refractivity contribution in [3.05, 3.63) is 58.7 Å². The summed E-state index contributed by atoms with van der Waals surface area (Å²) in [6.45, 7) is 6.51. The zero-order chi connectivity index (χ0) is 38.0. The molecular weight excluding hydrogens is 656 g/mol. The van der Waals surface area contributed by atoms with Crippen LogP contribution in [0.1, 0.15) is 181 Å². The number of hydrogen-bond acceptors (Lipinski definition) is 6. The molecule has 0 spiro atoms. The minimum Gasteiger partial charge on any atom is -0.507 e. The quantitative estimate of drug-likeness (QED) is 0.0421. The van der Waals surface area contributed by atoms with Crippen LogP contribution in [0.4, 0.5) is 0 Å². The summed E-state index contributed by atoms with van der Waals surface area (Å²) in [4.78, 5) is 51.9. The van der Waals surface area contributed by atoms with Gasteiger partial charge in [-0.05, 0) is 73.9 Å². The number of phenols is 2. The molecule has 10 heteroatoms. The Kier molecular flexibility index (Phi) is 22.6. The summed E-state index contributed by atoms with van der Waals surface area (Å²) in [6, 6.07) is 9.95. The molecule has 52 heavy (non-hydrogen) atoms. The van der Waals surface area contributed by atoms with Gasteiger partial charge in [-0.3, -0.25) is 40.9 Å². The highest BCUT2D eigenvalue weighted by molar-refractivity contribution is 5.98. The number of benzene rings is 2. The van der Waals surface area contributed by atoms with E-state index in [4.69, 9.17) is 0 Å². The molecule has 0 saturated carbocycles. The average Bonchev–Trinajstić information content (AvgIpc) is 3.14. The molecule has 10 nitrogen and oxygen atoms in total. The number of carbonyl (C=O) groups is 4. The number of aryl methyl sites for hydroxylation is 2. The number of phenolic OH excluding ortho intramolecular Hbond substituents is 2. The molecule has 1 unspecified atom stereocenters. The normalized spacial score (nSPS) is 11.5. The van der Waals surface area contributed by atoms with Crippen LogP contribution in [0.15, 0.2) is 36.4 Å². The van der Waals surface area contributed by atoms with Gasteiger partial charge in [-0.2, -0.15) is 0 Å². The first-order valence-corrected chi connectivity index (χ1v) is 20.0. The largest absolute Gasteiger partial charge is 0.507 e. The van der Waals surface area contributed by atoms with E-state index in [2.05, 4.69) is 42.5 Å². The third kappa shape index (κ3) is 17.9. The highest BCUT2D eigenvalue weighted by Crippen LogP contribution is 2.22. The molecule has 290 valence electrons. The Morgan fingerprint density at radius 3 is 1.42 bits per heavy atom. The van der Waals surface area contributed by atoms with E-state index in [1.54, 1.807) is 12.1 Å². The van der Waals surface area contributed by atoms with Gasteiger partial charge in [0.2, 0.25) is 11.8 Å². The Morgan fingerprint density at radius 2 is 0.942 bits per heavy atom. The van der Waals surface area contributed by atoms with Crippen LogP contribution in [0.3, 0.4) is 0 Å². The highest BCUT2D eigenvalue weighted by atomic mass is 16.3. The van der Waals surface area contributed by atoms with Gasteiger partial charge >= 0.3 is 0 Å². The van der Waals surface area contributed by atoms with Gasteiger partial charge < -0.3 is 10.2 Å². The first-order chi connectivity index (χ1) is 25.2. The first kappa shape index (κ1) is 44.1. The van der Waals surface area contributed by atoms with Crippen molar-refractivity contribution in [2.24, 2.45) is 5.92 Å². The lowest BCUT2D eigenvalue weighted by Crippen LogP contribution is -2.45. The number of carbonyl (C=O) groups excluding carboxylic acids is 4. The summed E-state index contributed by atoms with van der Waals surface area (Å²) < 4.78 is 0. The highest BCUT2D eigenvalue weighted by Gasteiger charge is 2.22. The van der Waals surface area contributed by atoms with Crippen LogP contribution < -0.4 is 21.7 Å². The third-order valence-electron chi connectivity index (χ3n) is 9.61. The van der Waals surface area contributed by atoms with Crippen molar-refractivity contribution in [1.29, 1.82) is 0 Å². The fourth-order valence-corrected chi connectivity index (χ4v) is 6.31. The second kappa shape index (κ2) is 26.7. The predicted molar refractivity (Wildman–Crippen MR) is 208 cm³/mol. The fourth-order valence-electron chi connectivity index (χ4n) is 6.31. The molecule has 0 saturated heterocycles. The Balaban J connectivity index is 1.91. The summed E-state index contributed by atoms with van der Waals surface area (Å²) in [6.07, 6.45) is 21.2. The monoisotopic (exact) mass is 722 g/mol. The maximum Gasteiger partial charge on any atom is 0.273 e. The number of hydrazine groups is 2. The zero-order valence-electron chi connectivity index (χ0n) is 32.1. The van der Waals surface area contributed by atoms with E-state index in [1.165, 1.54) is 63.5 Å². The van der Waals surface area contributed by atoms with Gasteiger partial charge in [-0.15, -0.1) is 0 Å². The van der Waals surface area contributed by atoms with Crippen molar-refractivity contribution in [3.8, 4) is 11.5 Å². The van der Waals surface area contributed by atoms with E-state index in [0.29, 0.717) is 6.42 Å². The van der Waals surface area contributed by atoms with Gasteiger partial charge in [-0.25, -0.2) is 0 Å². The molecule has 0 aliphatic carbocycles. The summed E-state index contributed by atoms with van der Waals surface area (Å²) in [5.41, 5.74) is 11.8. The van der Waals surface area contributed by atoms with Gasteiger partial charge in [0, 0.05) is 12.3 Å². The second-order valence-electron chi connectivity index (χ2n) is 14.1. The maximum atomic E-state index is 13.3. The average molecular weight is 723 g/mol. The van der Waals surface area contributed by atoms with E-state index in [0.717, 1.165) is 81.8 Å². The number of unbranched alkanes of at least 4 members (excludes halogenated alkanes) is 14. The Bertz CT molecular complexity index is 1360. The Morgan fingerprint density at radius 1 is 0.519 bits per heavy atom. The topological polar surface area (TPSA) is 157 Å². The van der Waals surface area contributed by atoms with Crippen LogP contribution >= 0.6 is 0 Å². The van der Waals surface area contributed by atoms with Gasteiger partial charge in [0.1, 0.15) is 11.5 Å². The van der Waals surface area contributed by atoms with Crippen molar-refractivity contribution in [3.63, 3.8) is 0 Å². The van der Waals surface area contributed by atoms with Gasteiger partial charge in [0.25, 0.3) is 11.8 Å². The van der Waals surface area contributed by atoms with Crippen LogP contribution in [0.2, 0.25) is 0 Å². The molecule has 2 rings (SSSR count). The number of aromatic hydroxyl groups is 2. The maximum absolute atomic E-state index is 13.3. The molecule has 6 N–H and O–H groups in total. The number of rotatable bonds is 26. The number of nitrogens with one attached hydrogen (secondary N) is 4. The zero-order valence-corrected chi connectivity index (χ0v) is 32.1. The third-order valence-corrected chi connectivity index (χ3v) is 9.61. The van der Waals surface area contributed by atoms with E-state index >= 15 is 0 Å². The molecule has 2 aromatic rings. The fraction of sp³-hybridized carbons (Fsp3) is 0.619. The van der Waals surface area contributed by atoms with E-state index in [1.807, 2.05) is 12.1 Å². The van der Waals surface area contributed by atoms with Crippen molar-refractivity contribution >= 4 is 23.6 Å². The van der Waals surface area contributed by atoms with Crippen molar-refractivity contribution in [1.82, 2.24) is 21.7 Å². The molecule has 0 aliphatic heterocycles. The van der Waals surface area contributed by atoms with Crippen LogP contribution in [0.5, 0.6) is 11.5 Å². The van der Waals surface area contributed by atoms with Crippen LogP contribution in [-0.4, -0.2) is 33.8 Å². The van der Waals surface area contributed by atoms with Crippen molar-refractivity contribution in [2.45, 2.75) is 162 Å². The van der Waals surface area contributed by atoms with E-state index < -0.39 is 29.5 Å².